The first kappa shape index (κ1) is 19.6. The number of carbonyl (C=O) groups excluding carboxylic acids is 1. The molecule has 7 nitrogen and oxygen atoms in total. The Morgan fingerprint density at radius 2 is 2.04 bits per heavy atom. The smallest absolute Gasteiger partial charge is 0.269 e. The Morgan fingerprint density at radius 3 is 2.68 bits per heavy atom. The van der Waals surface area contributed by atoms with E-state index in [1.54, 1.807) is 17.5 Å². The van der Waals surface area contributed by atoms with Crippen molar-refractivity contribution in [3.05, 3.63) is 75.4 Å². The summed E-state index contributed by atoms with van der Waals surface area (Å²) in [7, 11) is 1.52. The van der Waals surface area contributed by atoms with Gasteiger partial charge in [-0.2, -0.15) is 0 Å². The number of nitrogens with zero attached hydrogens (tertiary/aromatic N) is 3. The maximum Gasteiger partial charge on any atom is 0.269 e. The minimum atomic E-state index is -0.497. The van der Waals surface area contributed by atoms with Gasteiger partial charge >= 0.3 is 0 Å². The van der Waals surface area contributed by atoms with Crippen LogP contribution < -0.4 is 4.90 Å². The summed E-state index contributed by atoms with van der Waals surface area (Å²) in [5, 5.41) is 13.0. The van der Waals surface area contributed by atoms with Gasteiger partial charge in [0.1, 0.15) is 5.82 Å². The van der Waals surface area contributed by atoms with Crippen LogP contribution in [0, 0.1) is 15.9 Å². The molecule has 0 bridgehead atoms. The molecule has 28 heavy (non-hydrogen) atoms. The number of nitro benzene ring substituents is 1. The molecule has 0 saturated carbocycles. The first-order valence-electron chi connectivity index (χ1n) is 8.26. The van der Waals surface area contributed by atoms with Crippen LogP contribution in [0.4, 0.5) is 15.2 Å². The van der Waals surface area contributed by atoms with Gasteiger partial charge in [-0.15, -0.1) is 11.3 Å². The number of nitro groups is 1. The second-order valence-corrected chi connectivity index (χ2v) is 6.62. The summed E-state index contributed by atoms with van der Waals surface area (Å²) in [6, 6.07) is 11.5. The number of anilines is 1. The van der Waals surface area contributed by atoms with Crippen LogP contribution in [0.2, 0.25) is 0 Å². The van der Waals surface area contributed by atoms with Crippen molar-refractivity contribution in [3.63, 3.8) is 0 Å². The fourth-order valence-electron chi connectivity index (χ4n) is 2.52. The van der Waals surface area contributed by atoms with Gasteiger partial charge in [-0.3, -0.25) is 19.8 Å². The quantitative estimate of drug-likeness (QED) is 0.439. The number of halogens is 1. The van der Waals surface area contributed by atoms with Gasteiger partial charge in [0.2, 0.25) is 0 Å². The molecule has 2 aromatic carbocycles. The van der Waals surface area contributed by atoms with Gasteiger partial charge in [-0.05, 0) is 30.3 Å². The number of non-ortho nitro benzene ring substituents is 1. The Labute approximate surface area is 164 Å². The Morgan fingerprint density at radius 1 is 1.29 bits per heavy atom. The standard InChI is InChI=1S/C19H16FN3O4S/c1-27-10-9-22(18(24)14-3-2-4-15(20)11-14)19-21-17(12-28-19)13-5-7-16(8-6-13)23(25)26/h2-8,11-12H,9-10H2,1H3. The summed E-state index contributed by atoms with van der Waals surface area (Å²) in [4.78, 5) is 29.1. The lowest BCUT2D eigenvalue weighted by Gasteiger charge is -2.19. The third kappa shape index (κ3) is 4.38. The average Bonchev–Trinajstić information content (AvgIpc) is 3.18. The topological polar surface area (TPSA) is 85.6 Å². The van der Waals surface area contributed by atoms with E-state index in [-0.39, 0.29) is 30.3 Å². The second kappa shape index (κ2) is 8.68. The lowest BCUT2D eigenvalue weighted by atomic mass is 10.1. The summed E-state index contributed by atoms with van der Waals surface area (Å²) in [5.74, 6) is -0.885. The third-order valence-electron chi connectivity index (χ3n) is 3.93. The first-order valence-corrected chi connectivity index (χ1v) is 9.14. The molecule has 0 aliphatic carbocycles. The lowest BCUT2D eigenvalue weighted by Crippen LogP contribution is -2.34. The molecule has 3 rings (SSSR count). The zero-order valence-corrected chi connectivity index (χ0v) is 15.7. The molecule has 3 aromatic rings. The summed E-state index contributed by atoms with van der Waals surface area (Å²) < 4.78 is 18.6. The summed E-state index contributed by atoms with van der Waals surface area (Å²) in [5.41, 5.74) is 1.48. The van der Waals surface area contributed by atoms with Gasteiger partial charge < -0.3 is 4.74 Å². The molecule has 1 heterocycles. The van der Waals surface area contributed by atoms with E-state index in [1.165, 1.54) is 59.7 Å². The zero-order valence-electron chi connectivity index (χ0n) is 14.9. The number of benzene rings is 2. The fraction of sp³-hybridized carbons (Fsp3) is 0.158. The number of carbonyl (C=O) groups is 1. The minimum Gasteiger partial charge on any atom is -0.383 e. The molecule has 1 amide bonds. The van der Waals surface area contributed by atoms with Crippen molar-refractivity contribution in [1.82, 2.24) is 4.98 Å². The number of ether oxygens (including phenoxy) is 1. The predicted octanol–water partition coefficient (Wildman–Crippen LogP) is 4.15. The van der Waals surface area contributed by atoms with Crippen molar-refractivity contribution in [3.8, 4) is 11.3 Å². The highest BCUT2D eigenvalue weighted by molar-refractivity contribution is 7.14. The molecule has 0 radical (unpaired) electrons. The number of rotatable bonds is 7. The largest absolute Gasteiger partial charge is 0.383 e. The number of thiazole rings is 1. The van der Waals surface area contributed by atoms with Gasteiger partial charge in [0.05, 0.1) is 23.8 Å². The van der Waals surface area contributed by atoms with Gasteiger partial charge in [0.25, 0.3) is 11.6 Å². The van der Waals surface area contributed by atoms with Crippen LogP contribution in [0.15, 0.2) is 53.9 Å². The molecule has 144 valence electrons. The van der Waals surface area contributed by atoms with Crippen molar-refractivity contribution in [2.75, 3.05) is 25.2 Å². The third-order valence-corrected chi connectivity index (χ3v) is 4.80. The van der Waals surface area contributed by atoms with Crippen molar-refractivity contribution in [2.24, 2.45) is 0 Å². The van der Waals surface area contributed by atoms with E-state index in [1.807, 2.05) is 0 Å². The minimum absolute atomic E-state index is 0.0118. The van der Waals surface area contributed by atoms with E-state index in [2.05, 4.69) is 4.98 Å². The van der Waals surface area contributed by atoms with Gasteiger partial charge in [-0.1, -0.05) is 6.07 Å². The van der Waals surface area contributed by atoms with Crippen LogP contribution in [-0.4, -0.2) is 36.1 Å². The first-order chi connectivity index (χ1) is 13.5. The number of amides is 1. The van der Waals surface area contributed by atoms with E-state index >= 15 is 0 Å². The predicted molar refractivity (Wildman–Crippen MR) is 104 cm³/mol. The molecule has 0 saturated heterocycles. The molecule has 0 unspecified atom stereocenters. The Balaban J connectivity index is 1.89. The van der Waals surface area contributed by atoms with Crippen LogP contribution in [0.3, 0.4) is 0 Å². The molecule has 0 aliphatic rings. The summed E-state index contributed by atoms with van der Waals surface area (Å²) in [6.45, 7) is 0.534. The monoisotopic (exact) mass is 401 g/mol. The van der Waals surface area contributed by atoms with Crippen molar-refractivity contribution < 1.29 is 18.8 Å². The number of hydrogen-bond acceptors (Lipinski definition) is 6. The SMILES string of the molecule is COCCN(C(=O)c1cccc(F)c1)c1nc(-c2ccc([N+](=O)[O-])cc2)cs1. The van der Waals surface area contributed by atoms with E-state index < -0.39 is 10.7 Å². The lowest BCUT2D eigenvalue weighted by molar-refractivity contribution is -0.384. The zero-order chi connectivity index (χ0) is 20.1. The van der Waals surface area contributed by atoms with Crippen molar-refractivity contribution in [2.45, 2.75) is 0 Å². The molecular formula is C19H16FN3O4S. The maximum absolute atomic E-state index is 13.5. The van der Waals surface area contributed by atoms with Gasteiger partial charge in [0, 0.05) is 35.7 Å². The second-order valence-electron chi connectivity index (χ2n) is 5.78. The molecule has 9 heteroatoms. The van der Waals surface area contributed by atoms with Crippen molar-refractivity contribution in [1.29, 1.82) is 0 Å². The Kier molecular flexibility index (Phi) is 6.07. The summed E-state index contributed by atoms with van der Waals surface area (Å²) >= 11 is 1.25. The van der Waals surface area contributed by atoms with Crippen LogP contribution in [0.1, 0.15) is 10.4 Å². The van der Waals surface area contributed by atoms with Crippen LogP contribution in [0.25, 0.3) is 11.3 Å². The molecule has 0 fully saturated rings. The molecule has 0 aliphatic heterocycles. The van der Waals surface area contributed by atoms with Crippen LogP contribution in [0.5, 0.6) is 0 Å². The Hall–Kier alpha value is -3.17. The number of aromatic nitrogens is 1. The van der Waals surface area contributed by atoms with E-state index in [0.29, 0.717) is 16.4 Å². The maximum atomic E-state index is 13.5. The van der Waals surface area contributed by atoms with Crippen LogP contribution >= 0.6 is 11.3 Å². The van der Waals surface area contributed by atoms with E-state index in [0.717, 1.165) is 0 Å². The molecule has 1 aromatic heterocycles. The molecule has 0 N–H and O–H groups in total. The highest BCUT2D eigenvalue weighted by atomic mass is 32.1. The summed E-state index contributed by atoms with van der Waals surface area (Å²) in [6.07, 6.45) is 0. The van der Waals surface area contributed by atoms with E-state index in [9.17, 15) is 19.3 Å². The molecule has 0 atom stereocenters. The highest BCUT2D eigenvalue weighted by Crippen LogP contribution is 2.29. The normalized spacial score (nSPS) is 10.6. The molecule has 0 spiro atoms. The molecular weight excluding hydrogens is 385 g/mol. The van der Waals surface area contributed by atoms with Crippen LogP contribution in [-0.2, 0) is 4.74 Å². The number of hydrogen-bond donors (Lipinski definition) is 0. The highest BCUT2D eigenvalue weighted by Gasteiger charge is 2.21. The van der Waals surface area contributed by atoms with Gasteiger partial charge in [0.15, 0.2) is 5.13 Å². The fourth-order valence-corrected chi connectivity index (χ4v) is 3.38. The Bertz CT molecular complexity index is 991. The van der Waals surface area contributed by atoms with E-state index in [4.69, 9.17) is 4.74 Å². The number of methoxy groups -OCH3 is 1. The van der Waals surface area contributed by atoms with Crippen molar-refractivity contribution >= 4 is 28.1 Å². The average molecular weight is 401 g/mol. The van der Waals surface area contributed by atoms with Gasteiger partial charge in [-0.25, -0.2) is 9.37 Å².